The van der Waals surface area contributed by atoms with Crippen LogP contribution in [-0.2, 0) is 4.79 Å². The van der Waals surface area contributed by atoms with Gasteiger partial charge in [-0.25, -0.2) is 4.39 Å². The molecule has 0 bridgehead atoms. The third-order valence-corrected chi connectivity index (χ3v) is 3.29. The van der Waals surface area contributed by atoms with Crippen molar-refractivity contribution in [2.75, 3.05) is 6.54 Å². The first-order valence-electron chi connectivity index (χ1n) is 6.74. The predicted molar refractivity (Wildman–Crippen MR) is 78.9 cm³/mol. The van der Waals surface area contributed by atoms with E-state index in [0.29, 0.717) is 12.3 Å². The van der Waals surface area contributed by atoms with Crippen LogP contribution in [0.15, 0.2) is 18.2 Å². The van der Waals surface area contributed by atoms with Gasteiger partial charge in [0, 0.05) is 18.5 Å². The van der Waals surface area contributed by atoms with Crippen LogP contribution >= 0.6 is 11.6 Å². The zero-order valence-corrected chi connectivity index (χ0v) is 12.8. The van der Waals surface area contributed by atoms with Crippen molar-refractivity contribution in [1.29, 1.82) is 0 Å². The standard InChI is InChI=1S/C15H19ClFNO3/c1-9(2)5-10(6-14(19)20)8-18-15(21)11-3-4-13(17)12(16)7-11/h3-4,7,9-10H,5-6,8H2,1-2H3,(H,18,21)(H,19,20)/t10-/m0/s1. The van der Waals surface area contributed by atoms with Crippen molar-refractivity contribution < 1.29 is 19.1 Å². The second kappa shape index (κ2) is 7.98. The molecule has 0 saturated carbocycles. The molecule has 4 nitrogen and oxygen atoms in total. The van der Waals surface area contributed by atoms with E-state index in [1.165, 1.54) is 12.1 Å². The Morgan fingerprint density at radius 1 is 1.38 bits per heavy atom. The lowest BCUT2D eigenvalue weighted by Gasteiger charge is -2.17. The minimum Gasteiger partial charge on any atom is -0.481 e. The molecule has 0 saturated heterocycles. The van der Waals surface area contributed by atoms with E-state index in [1.54, 1.807) is 0 Å². The van der Waals surface area contributed by atoms with Gasteiger partial charge in [-0.1, -0.05) is 25.4 Å². The highest BCUT2D eigenvalue weighted by Gasteiger charge is 2.17. The molecule has 1 atom stereocenters. The molecule has 0 unspecified atom stereocenters. The second-order valence-electron chi connectivity index (χ2n) is 5.43. The Kier molecular flexibility index (Phi) is 6.62. The Bertz CT molecular complexity index is 520. The number of hydrogen-bond donors (Lipinski definition) is 2. The second-order valence-corrected chi connectivity index (χ2v) is 5.84. The number of halogens is 2. The molecule has 2 N–H and O–H groups in total. The average Bonchev–Trinajstić information content (AvgIpc) is 2.37. The molecule has 116 valence electrons. The molecule has 1 aromatic rings. The zero-order chi connectivity index (χ0) is 16.0. The van der Waals surface area contributed by atoms with E-state index in [2.05, 4.69) is 5.32 Å². The van der Waals surface area contributed by atoms with Gasteiger partial charge in [-0.15, -0.1) is 0 Å². The Morgan fingerprint density at radius 2 is 2.05 bits per heavy atom. The highest BCUT2D eigenvalue weighted by molar-refractivity contribution is 6.31. The largest absolute Gasteiger partial charge is 0.481 e. The van der Waals surface area contributed by atoms with Gasteiger partial charge < -0.3 is 10.4 Å². The van der Waals surface area contributed by atoms with Crippen molar-refractivity contribution in [2.45, 2.75) is 26.7 Å². The van der Waals surface area contributed by atoms with Crippen molar-refractivity contribution >= 4 is 23.5 Å². The normalized spacial score (nSPS) is 12.2. The van der Waals surface area contributed by atoms with Crippen LogP contribution in [0, 0.1) is 17.7 Å². The molecule has 0 aliphatic heterocycles. The number of carboxylic acids is 1. The number of rotatable bonds is 7. The van der Waals surface area contributed by atoms with Crippen molar-refractivity contribution in [3.8, 4) is 0 Å². The topological polar surface area (TPSA) is 66.4 Å². The molecule has 0 aliphatic carbocycles. The van der Waals surface area contributed by atoms with Crippen molar-refractivity contribution in [3.63, 3.8) is 0 Å². The summed E-state index contributed by atoms with van der Waals surface area (Å²) in [5.41, 5.74) is 0.250. The van der Waals surface area contributed by atoms with Gasteiger partial charge in [0.05, 0.1) is 5.02 Å². The fourth-order valence-corrected chi connectivity index (χ4v) is 2.31. The number of amides is 1. The predicted octanol–water partition coefficient (Wildman–Crippen LogP) is 3.35. The molecule has 0 aromatic heterocycles. The Hall–Kier alpha value is -1.62. The van der Waals surface area contributed by atoms with Crippen molar-refractivity contribution in [2.24, 2.45) is 11.8 Å². The summed E-state index contributed by atoms with van der Waals surface area (Å²) in [7, 11) is 0. The minimum absolute atomic E-state index is 0.00261. The van der Waals surface area contributed by atoms with Crippen LogP contribution in [0.25, 0.3) is 0 Å². The summed E-state index contributed by atoms with van der Waals surface area (Å²) in [5, 5.41) is 11.4. The molecular formula is C15H19ClFNO3. The van der Waals surface area contributed by atoms with E-state index in [4.69, 9.17) is 16.7 Å². The van der Waals surface area contributed by atoms with Crippen LogP contribution in [0.1, 0.15) is 37.0 Å². The van der Waals surface area contributed by atoms with E-state index >= 15 is 0 Å². The number of aliphatic carboxylic acids is 1. The number of nitrogens with one attached hydrogen (secondary N) is 1. The first-order valence-corrected chi connectivity index (χ1v) is 7.12. The minimum atomic E-state index is -0.889. The maximum Gasteiger partial charge on any atom is 0.303 e. The molecule has 1 amide bonds. The van der Waals surface area contributed by atoms with Crippen molar-refractivity contribution in [3.05, 3.63) is 34.6 Å². The van der Waals surface area contributed by atoms with Crippen LogP contribution in [0.4, 0.5) is 4.39 Å². The number of benzene rings is 1. The van der Waals surface area contributed by atoms with E-state index in [9.17, 15) is 14.0 Å². The highest BCUT2D eigenvalue weighted by Crippen LogP contribution is 2.17. The SMILES string of the molecule is CC(C)C[C@H](CNC(=O)c1ccc(F)c(Cl)c1)CC(=O)O. The third-order valence-electron chi connectivity index (χ3n) is 3.00. The Morgan fingerprint density at radius 3 is 2.57 bits per heavy atom. The summed E-state index contributed by atoms with van der Waals surface area (Å²) in [6.45, 7) is 4.26. The first kappa shape index (κ1) is 17.4. The number of carboxylic acid groups (broad SMARTS) is 1. The summed E-state index contributed by atoms with van der Waals surface area (Å²) < 4.78 is 13.0. The van der Waals surface area contributed by atoms with Gasteiger partial charge in [0.1, 0.15) is 5.82 Å². The monoisotopic (exact) mass is 315 g/mol. The van der Waals surface area contributed by atoms with Crippen LogP contribution in [0.5, 0.6) is 0 Å². The van der Waals surface area contributed by atoms with Gasteiger partial charge in [0.25, 0.3) is 5.91 Å². The van der Waals surface area contributed by atoms with Gasteiger partial charge in [-0.2, -0.15) is 0 Å². The molecule has 0 fully saturated rings. The van der Waals surface area contributed by atoms with Gasteiger partial charge in [0.2, 0.25) is 0 Å². The number of carbonyl (C=O) groups excluding carboxylic acids is 1. The molecule has 1 rings (SSSR count). The van der Waals surface area contributed by atoms with Crippen molar-refractivity contribution in [1.82, 2.24) is 5.32 Å². The maximum absolute atomic E-state index is 13.0. The van der Waals surface area contributed by atoms with Gasteiger partial charge in [-0.3, -0.25) is 9.59 Å². The number of carbonyl (C=O) groups is 2. The molecule has 0 spiro atoms. The van der Waals surface area contributed by atoms with Crippen LogP contribution in [-0.4, -0.2) is 23.5 Å². The van der Waals surface area contributed by atoms with Crippen LogP contribution in [0.2, 0.25) is 5.02 Å². The fourth-order valence-electron chi connectivity index (χ4n) is 2.13. The Balaban J connectivity index is 2.63. The lowest BCUT2D eigenvalue weighted by molar-refractivity contribution is -0.138. The van der Waals surface area contributed by atoms with Gasteiger partial charge >= 0.3 is 5.97 Å². The van der Waals surface area contributed by atoms with Crippen LogP contribution in [0.3, 0.4) is 0 Å². The third kappa shape index (κ3) is 6.12. The van der Waals surface area contributed by atoms with Crippen LogP contribution < -0.4 is 5.32 Å². The quantitative estimate of drug-likeness (QED) is 0.811. The number of hydrogen-bond acceptors (Lipinski definition) is 2. The molecule has 0 radical (unpaired) electrons. The van der Waals surface area contributed by atoms with E-state index in [1.807, 2.05) is 13.8 Å². The smallest absolute Gasteiger partial charge is 0.303 e. The lowest BCUT2D eigenvalue weighted by Crippen LogP contribution is -2.31. The summed E-state index contributed by atoms with van der Waals surface area (Å²) in [5.74, 6) is -1.67. The Labute approximate surface area is 128 Å². The summed E-state index contributed by atoms with van der Waals surface area (Å²) in [6, 6.07) is 3.71. The van der Waals surface area contributed by atoms with Gasteiger partial charge in [-0.05, 0) is 36.5 Å². The summed E-state index contributed by atoms with van der Waals surface area (Å²) >= 11 is 5.63. The fraction of sp³-hybridized carbons (Fsp3) is 0.467. The summed E-state index contributed by atoms with van der Waals surface area (Å²) in [4.78, 5) is 22.8. The van der Waals surface area contributed by atoms with E-state index < -0.39 is 17.7 Å². The zero-order valence-electron chi connectivity index (χ0n) is 12.0. The van der Waals surface area contributed by atoms with E-state index in [0.717, 1.165) is 6.07 Å². The average molecular weight is 316 g/mol. The van der Waals surface area contributed by atoms with E-state index in [-0.39, 0.29) is 29.5 Å². The molecule has 1 aromatic carbocycles. The highest BCUT2D eigenvalue weighted by atomic mass is 35.5. The maximum atomic E-state index is 13.0. The molecule has 21 heavy (non-hydrogen) atoms. The lowest BCUT2D eigenvalue weighted by atomic mass is 9.94. The molecular weight excluding hydrogens is 297 g/mol. The molecule has 0 heterocycles. The first-order chi connectivity index (χ1) is 9.79. The molecule has 6 heteroatoms. The summed E-state index contributed by atoms with van der Waals surface area (Å²) in [6.07, 6.45) is 0.708. The molecule has 0 aliphatic rings. The van der Waals surface area contributed by atoms with Gasteiger partial charge in [0.15, 0.2) is 0 Å².